The Morgan fingerprint density at radius 2 is 1.75 bits per heavy atom. The van der Waals surface area contributed by atoms with E-state index in [1.165, 1.54) is 44.8 Å². The molecule has 1 aromatic rings. The van der Waals surface area contributed by atoms with Gasteiger partial charge in [0.25, 0.3) is 0 Å². The Hall–Kier alpha value is -1.16. The van der Waals surface area contributed by atoms with Gasteiger partial charge in [0.1, 0.15) is 11.6 Å². The zero-order valence-electron chi connectivity index (χ0n) is 11.8. The summed E-state index contributed by atoms with van der Waals surface area (Å²) in [6.07, 6.45) is 6.17. The lowest BCUT2D eigenvalue weighted by Gasteiger charge is -2.41. The van der Waals surface area contributed by atoms with Gasteiger partial charge in [0.15, 0.2) is 0 Å². The molecule has 3 rings (SSSR count). The molecule has 0 aromatic heterocycles. The van der Waals surface area contributed by atoms with Gasteiger partial charge in [-0.15, -0.1) is 0 Å². The molecule has 2 heterocycles. The monoisotopic (exact) mass is 280 g/mol. The molecule has 20 heavy (non-hydrogen) atoms. The SMILES string of the molecule is Fc1ccc(N2CCCC(N3CCCCC3)C2)c(F)c1. The smallest absolute Gasteiger partial charge is 0.149 e. The first-order chi connectivity index (χ1) is 9.74. The predicted molar refractivity (Wildman–Crippen MR) is 77.0 cm³/mol. The molecule has 0 radical (unpaired) electrons. The average molecular weight is 280 g/mol. The molecule has 2 aliphatic rings. The van der Waals surface area contributed by atoms with Crippen molar-refractivity contribution >= 4 is 5.69 Å². The number of halogens is 2. The first-order valence-corrected chi connectivity index (χ1v) is 7.68. The van der Waals surface area contributed by atoms with E-state index in [0.29, 0.717) is 11.7 Å². The molecule has 2 fully saturated rings. The van der Waals surface area contributed by atoms with Crippen LogP contribution in [-0.2, 0) is 0 Å². The van der Waals surface area contributed by atoms with Gasteiger partial charge >= 0.3 is 0 Å². The van der Waals surface area contributed by atoms with E-state index < -0.39 is 11.6 Å². The van der Waals surface area contributed by atoms with E-state index in [0.717, 1.165) is 25.6 Å². The number of piperidine rings is 2. The van der Waals surface area contributed by atoms with Crippen molar-refractivity contribution in [2.75, 3.05) is 31.1 Å². The first-order valence-electron chi connectivity index (χ1n) is 7.68. The third-order valence-electron chi connectivity index (χ3n) is 4.55. The summed E-state index contributed by atoms with van der Waals surface area (Å²) in [5, 5.41) is 0. The lowest BCUT2D eigenvalue weighted by atomic mass is 10.00. The topological polar surface area (TPSA) is 6.48 Å². The van der Waals surface area contributed by atoms with Crippen molar-refractivity contribution in [3.63, 3.8) is 0 Å². The Morgan fingerprint density at radius 1 is 0.950 bits per heavy atom. The number of nitrogens with zero attached hydrogens (tertiary/aromatic N) is 2. The van der Waals surface area contributed by atoms with E-state index in [4.69, 9.17) is 0 Å². The van der Waals surface area contributed by atoms with Gasteiger partial charge in [0.2, 0.25) is 0 Å². The zero-order chi connectivity index (χ0) is 13.9. The summed E-state index contributed by atoms with van der Waals surface area (Å²) in [5.74, 6) is -0.944. The molecule has 2 saturated heterocycles. The Bertz CT molecular complexity index is 458. The summed E-state index contributed by atoms with van der Waals surface area (Å²) in [7, 11) is 0. The van der Waals surface area contributed by atoms with Gasteiger partial charge in [0.05, 0.1) is 5.69 Å². The number of rotatable bonds is 2. The van der Waals surface area contributed by atoms with Gasteiger partial charge in [-0.2, -0.15) is 0 Å². The molecule has 1 unspecified atom stereocenters. The number of hydrogen-bond acceptors (Lipinski definition) is 2. The summed E-state index contributed by atoms with van der Waals surface area (Å²) >= 11 is 0. The highest BCUT2D eigenvalue weighted by atomic mass is 19.1. The fourth-order valence-corrected chi connectivity index (χ4v) is 3.49. The Kier molecular flexibility index (Phi) is 4.20. The van der Waals surface area contributed by atoms with Crippen LogP contribution in [0.5, 0.6) is 0 Å². The van der Waals surface area contributed by atoms with Gasteiger partial charge in [-0.25, -0.2) is 8.78 Å². The molecule has 1 aromatic carbocycles. The van der Waals surface area contributed by atoms with Crippen molar-refractivity contribution in [1.82, 2.24) is 4.90 Å². The molecule has 110 valence electrons. The zero-order valence-corrected chi connectivity index (χ0v) is 11.8. The molecule has 0 N–H and O–H groups in total. The molecule has 0 spiro atoms. The van der Waals surface area contributed by atoms with Gasteiger partial charge in [0, 0.05) is 25.2 Å². The van der Waals surface area contributed by atoms with Crippen LogP contribution in [0.1, 0.15) is 32.1 Å². The Balaban J connectivity index is 1.71. The van der Waals surface area contributed by atoms with E-state index in [-0.39, 0.29) is 0 Å². The minimum Gasteiger partial charge on any atom is -0.368 e. The van der Waals surface area contributed by atoms with Gasteiger partial charge in [-0.3, -0.25) is 4.90 Å². The van der Waals surface area contributed by atoms with Crippen molar-refractivity contribution in [2.24, 2.45) is 0 Å². The standard InChI is InChI=1S/C16H22F2N2/c17-13-6-7-16(15(18)11-13)20-10-4-5-14(12-20)19-8-2-1-3-9-19/h6-7,11,14H,1-5,8-10,12H2. The lowest BCUT2D eigenvalue weighted by Crippen LogP contribution is -2.49. The molecule has 0 saturated carbocycles. The predicted octanol–water partition coefficient (Wildman–Crippen LogP) is 3.42. The third-order valence-corrected chi connectivity index (χ3v) is 4.55. The maximum atomic E-state index is 13.9. The molecule has 2 nitrogen and oxygen atoms in total. The van der Waals surface area contributed by atoms with E-state index >= 15 is 0 Å². The Labute approximate surface area is 119 Å². The van der Waals surface area contributed by atoms with E-state index in [1.54, 1.807) is 6.07 Å². The van der Waals surface area contributed by atoms with Crippen molar-refractivity contribution in [3.05, 3.63) is 29.8 Å². The third kappa shape index (κ3) is 2.95. The summed E-state index contributed by atoms with van der Waals surface area (Å²) in [6.45, 7) is 4.07. The van der Waals surface area contributed by atoms with Crippen LogP contribution in [0.2, 0.25) is 0 Å². The second-order valence-electron chi connectivity index (χ2n) is 5.93. The number of anilines is 1. The largest absolute Gasteiger partial charge is 0.368 e. The molecule has 4 heteroatoms. The summed E-state index contributed by atoms with van der Waals surface area (Å²) in [4.78, 5) is 4.63. The maximum Gasteiger partial charge on any atom is 0.149 e. The van der Waals surface area contributed by atoms with E-state index in [2.05, 4.69) is 9.80 Å². The summed E-state index contributed by atoms with van der Waals surface area (Å²) < 4.78 is 26.9. The minimum atomic E-state index is -0.504. The van der Waals surface area contributed by atoms with E-state index in [1.807, 2.05) is 0 Å². The van der Waals surface area contributed by atoms with Gasteiger partial charge in [-0.1, -0.05) is 6.42 Å². The number of likely N-dealkylation sites (tertiary alicyclic amines) is 1. The van der Waals surface area contributed by atoms with Crippen molar-refractivity contribution in [3.8, 4) is 0 Å². The summed E-state index contributed by atoms with van der Waals surface area (Å²) in [6, 6.07) is 4.43. The van der Waals surface area contributed by atoms with Crippen LogP contribution in [0.15, 0.2) is 18.2 Å². The fourth-order valence-electron chi connectivity index (χ4n) is 3.49. The van der Waals surface area contributed by atoms with Crippen LogP contribution in [0.4, 0.5) is 14.5 Å². The van der Waals surface area contributed by atoms with Crippen LogP contribution in [0.3, 0.4) is 0 Å². The van der Waals surface area contributed by atoms with Crippen molar-refractivity contribution in [1.29, 1.82) is 0 Å². The molecular weight excluding hydrogens is 258 g/mol. The number of hydrogen-bond donors (Lipinski definition) is 0. The molecule has 1 atom stereocenters. The lowest BCUT2D eigenvalue weighted by molar-refractivity contribution is 0.147. The molecule has 2 aliphatic heterocycles. The highest BCUT2D eigenvalue weighted by molar-refractivity contribution is 5.48. The fraction of sp³-hybridized carbons (Fsp3) is 0.625. The van der Waals surface area contributed by atoms with E-state index in [9.17, 15) is 8.78 Å². The summed E-state index contributed by atoms with van der Waals surface area (Å²) in [5.41, 5.74) is 0.549. The molecular formula is C16H22F2N2. The average Bonchev–Trinajstić information content (AvgIpc) is 2.48. The van der Waals surface area contributed by atoms with Crippen LogP contribution in [0.25, 0.3) is 0 Å². The second kappa shape index (κ2) is 6.08. The molecule has 0 amide bonds. The molecule has 0 bridgehead atoms. The van der Waals surface area contributed by atoms with Crippen LogP contribution < -0.4 is 4.90 Å². The molecule has 0 aliphatic carbocycles. The van der Waals surface area contributed by atoms with Crippen LogP contribution >= 0.6 is 0 Å². The highest BCUT2D eigenvalue weighted by Crippen LogP contribution is 2.26. The maximum absolute atomic E-state index is 13.9. The highest BCUT2D eigenvalue weighted by Gasteiger charge is 2.27. The van der Waals surface area contributed by atoms with Crippen LogP contribution in [-0.4, -0.2) is 37.1 Å². The van der Waals surface area contributed by atoms with Crippen molar-refractivity contribution < 1.29 is 8.78 Å². The minimum absolute atomic E-state index is 0.440. The Morgan fingerprint density at radius 3 is 2.50 bits per heavy atom. The second-order valence-corrected chi connectivity index (χ2v) is 5.93. The first kappa shape index (κ1) is 13.8. The van der Waals surface area contributed by atoms with Crippen LogP contribution in [0, 0.1) is 11.6 Å². The normalized spacial score (nSPS) is 24.9. The number of benzene rings is 1. The quantitative estimate of drug-likeness (QED) is 0.819. The van der Waals surface area contributed by atoms with Crippen molar-refractivity contribution in [2.45, 2.75) is 38.1 Å². The van der Waals surface area contributed by atoms with Gasteiger partial charge in [-0.05, 0) is 50.9 Å². The van der Waals surface area contributed by atoms with Gasteiger partial charge < -0.3 is 4.90 Å².